The molecule has 0 atom stereocenters. The molecule has 0 aromatic heterocycles. The van der Waals surface area contributed by atoms with Crippen molar-refractivity contribution >= 4 is 29.2 Å². The molecule has 0 unspecified atom stereocenters. The topological polar surface area (TPSA) is 98.5 Å². The standard InChI is InChI=1S/C18H17ClN2O5/c19-14-8-9-16(21(24)25)15(11-14)18(23)26-12-17(22)20-10-4-7-13-5-2-1-3-6-13/h1-3,5-6,8-9,11H,4,7,10,12H2,(H,20,22). The molecule has 0 saturated heterocycles. The number of hydrogen-bond acceptors (Lipinski definition) is 5. The van der Waals surface area contributed by atoms with Crippen molar-refractivity contribution in [1.29, 1.82) is 0 Å². The van der Waals surface area contributed by atoms with E-state index < -0.39 is 29.1 Å². The van der Waals surface area contributed by atoms with Crippen molar-refractivity contribution in [2.75, 3.05) is 13.2 Å². The zero-order chi connectivity index (χ0) is 18.9. The third-order valence-electron chi connectivity index (χ3n) is 3.52. The first-order chi connectivity index (χ1) is 12.5. The van der Waals surface area contributed by atoms with E-state index in [1.807, 2.05) is 30.3 Å². The van der Waals surface area contributed by atoms with Crippen LogP contribution >= 0.6 is 11.6 Å². The summed E-state index contributed by atoms with van der Waals surface area (Å²) in [5.41, 5.74) is 0.448. The second-order valence-electron chi connectivity index (χ2n) is 5.43. The summed E-state index contributed by atoms with van der Waals surface area (Å²) in [6.45, 7) is -0.0869. The molecular formula is C18H17ClN2O5. The molecule has 1 N–H and O–H groups in total. The van der Waals surface area contributed by atoms with Crippen LogP contribution in [0.4, 0.5) is 5.69 Å². The number of ether oxygens (including phenoxy) is 1. The van der Waals surface area contributed by atoms with Crippen LogP contribution in [0, 0.1) is 10.1 Å². The average Bonchev–Trinajstić information content (AvgIpc) is 2.63. The molecule has 26 heavy (non-hydrogen) atoms. The molecule has 0 aliphatic heterocycles. The molecule has 1 amide bonds. The lowest BCUT2D eigenvalue weighted by Gasteiger charge is -2.07. The van der Waals surface area contributed by atoms with Crippen LogP contribution in [0.3, 0.4) is 0 Å². The highest BCUT2D eigenvalue weighted by Gasteiger charge is 2.22. The lowest BCUT2D eigenvalue weighted by Crippen LogP contribution is -2.30. The van der Waals surface area contributed by atoms with Crippen molar-refractivity contribution in [2.24, 2.45) is 0 Å². The van der Waals surface area contributed by atoms with E-state index in [4.69, 9.17) is 16.3 Å². The zero-order valence-electron chi connectivity index (χ0n) is 13.8. The minimum absolute atomic E-state index is 0.160. The number of nitro benzene ring substituents is 1. The van der Waals surface area contributed by atoms with Gasteiger partial charge in [0, 0.05) is 17.6 Å². The van der Waals surface area contributed by atoms with Crippen LogP contribution in [0.15, 0.2) is 48.5 Å². The van der Waals surface area contributed by atoms with E-state index >= 15 is 0 Å². The predicted molar refractivity (Wildman–Crippen MR) is 96.2 cm³/mol. The summed E-state index contributed by atoms with van der Waals surface area (Å²) in [7, 11) is 0. The molecule has 2 aromatic rings. The van der Waals surface area contributed by atoms with Gasteiger partial charge in [0.25, 0.3) is 11.6 Å². The fraction of sp³-hybridized carbons (Fsp3) is 0.222. The van der Waals surface area contributed by atoms with Gasteiger partial charge in [-0.2, -0.15) is 0 Å². The Balaban J connectivity index is 1.77. The summed E-state index contributed by atoms with van der Waals surface area (Å²) in [5, 5.41) is 13.7. The largest absolute Gasteiger partial charge is 0.452 e. The summed E-state index contributed by atoms with van der Waals surface area (Å²) in [6.07, 6.45) is 1.55. The number of nitrogens with zero attached hydrogens (tertiary/aromatic N) is 1. The van der Waals surface area contributed by atoms with Crippen LogP contribution in [0.5, 0.6) is 0 Å². The van der Waals surface area contributed by atoms with Crippen LogP contribution in [-0.2, 0) is 16.0 Å². The Morgan fingerprint density at radius 2 is 1.88 bits per heavy atom. The number of rotatable bonds is 8. The highest BCUT2D eigenvalue weighted by Crippen LogP contribution is 2.23. The van der Waals surface area contributed by atoms with Gasteiger partial charge in [0.1, 0.15) is 5.56 Å². The van der Waals surface area contributed by atoms with Gasteiger partial charge in [-0.05, 0) is 30.5 Å². The minimum atomic E-state index is -0.973. The van der Waals surface area contributed by atoms with Gasteiger partial charge in [-0.25, -0.2) is 4.79 Å². The molecule has 136 valence electrons. The number of esters is 1. The number of amides is 1. The number of nitrogens with one attached hydrogen (secondary N) is 1. The summed E-state index contributed by atoms with van der Waals surface area (Å²) in [6, 6.07) is 13.4. The van der Waals surface area contributed by atoms with Crippen LogP contribution in [0.1, 0.15) is 22.3 Å². The number of hydrogen-bond donors (Lipinski definition) is 1. The lowest BCUT2D eigenvalue weighted by molar-refractivity contribution is -0.385. The fourth-order valence-electron chi connectivity index (χ4n) is 2.26. The Kier molecular flexibility index (Phi) is 7.11. The number of aryl methyl sites for hydroxylation is 1. The second kappa shape index (κ2) is 9.53. The third kappa shape index (κ3) is 5.86. The second-order valence-corrected chi connectivity index (χ2v) is 5.87. The summed E-state index contributed by atoms with van der Waals surface area (Å²) >= 11 is 5.75. The van der Waals surface area contributed by atoms with E-state index in [2.05, 4.69) is 5.32 Å². The molecule has 0 aliphatic carbocycles. The monoisotopic (exact) mass is 376 g/mol. The molecular weight excluding hydrogens is 360 g/mol. The molecule has 0 radical (unpaired) electrons. The Labute approximate surface area is 155 Å². The quantitative estimate of drug-likeness (QED) is 0.330. The number of benzene rings is 2. The zero-order valence-corrected chi connectivity index (χ0v) is 14.6. The molecule has 0 aliphatic rings. The van der Waals surface area contributed by atoms with Gasteiger partial charge in [-0.1, -0.05) is 41.9 Å². The molecule has 0 heterocycles. The van der Waals surface area contributed by atoms with E-state index in [1.165, 1.54) is 11.6 Å². The molecule has 7 nitrogen and oxygen atoms in total. The Bertz CT molecular complexity index is 795. The lowest BCUT2D eigenvalue weighted by atomic mass is 10.1. The first-order valence-electron chi connectivity index (χ1n) is 7.89. The Morgan fingerprint density at radius 1 is 1.15 bits per heavy atom. The van der Waals surface area contributed by atoms with Gasteiger partial charge in [0.15, 0.2) is 6.61 Å². The molecule has 0 spiro atoms. The van der Waals surface area contributed by atoms with E-state index in [-0.39, 0.29) is 10.6 Å². The molecule has 8 heteroatoms. The van der Waals surface area contributed by atoms with Gasteiger partial charge in [0.05, 0.1) is 4.92 Å². The Morgan fingerprint density at radius 3 is 2.58 bits per heavy atom. The normalized spacial score (nSPS) is 10.2. The predicted octanol–water partition coefficient (Wildman–Crippen LogP) is 3.15. The van der Waals surface area contributed by atoms with Crippen molar-refractivity contribution < 1.29 is 19.2 Å². The fourth-order valence-corrected chi connectivity index (χ4v) is 2.43. The maximum Gasteiger partial charge on any atom is 0.345 e. The first kappa shape index (κ1) is 19.4. The highest BCUT2D eigenvalue weighted by molar-refractivity contribution is 6.31. The third-order valence-corrected chi connectivity index (χ3v) is 3.75. The number of nitro groups is 1. The summed E-state index contributed by atoms with van der Waals surface area (Å²) in [4.78, 5) is 33.9. The summed E-state index contributed by atoms with van der Waals surface area (Å²) < 4.78 is 4.84. The number of carbonyl (C=O) groups excluding carboxylic acids is 2. The molecule has 2 aromatic carbocycles. The first-order valence-corrected chi connectivity index (χ1v) is 8.27. The molecule has 0 bridgehead atoms. The number of halogens is 1. The van der Waals surface area contributed by atoms with Gasteiger partial charge in [-0.15, -0.1) is 0 Å². The average molecular weight is 377 g/mol. The van der Waals surface area contributed by atoms with Crippen LogP contribution in [-0.4, -0.2) is 30.0 Å². The Hall–Kier alpha value is -2.93. The summed E-state index contributed by atoms with van der Waals surface area (Å²) in [5.74, 6) is -1.45. The highest BCUT2D eigenvalue weighted by atomic mass is 35.5. The van der Waals surface area contributed by atoms with Crippen molar-refractivity contribution in [3.63, 3.8) is 0 Å². The minimum Gasteiger partial charge on any atom is -0.452 e. The molecule has 0 saturated carbocycles. The van der Waals surface area contributed by atoms with Gasteiger partial charge in [-0.3, -0.25) is 14.9 Å². The van der Waals surface area contributed by atoms with E-state index in [1.54, 1.807) is 0 Å². The molecule has 0 fully saturated rings. The SMILES string of the molecule is O=C(COC(=O)c1cc(Cl)ccc1[N+](=O)[O-])NCCCc1ccccc1. The maximum atomic E-state index is 12.0. The maximum absolute atomic E-state index is 12.0. The van der Waals surface area contributed by atoms with Crippen molar-refractivity contribution in [3.8, 4) is 0 Å². The number of carbonyl (C=O) groups is 2. The van der Waals surface area contributed by atoms with E-state index in [9.17, 15) is 19.7 Å². The van der Waals surface area contributed by atoms with Gasteiger partial charge >= 0.3 is 5.97 Å². The smallest absolute Gasteiger partial charge is 0.345 e. The van der Waals surface area contributed by atoms with E-state index in [0.29, 0.717) is 6.54 Å². The van der Waals surface area contributed by atoms with Crippen molar-refractivity contribution in [2.45, 2.75) is 12.8 Å². The van der Waals surface area contributed by atoms with Crippen LogP contribution in [0.2, 0.25) is 5.02 Å². The van der Waals surface area contributed by atoms with Crippen molar-refractivity contribution in [3.05, 3.63) is 74.8 Å². The van der Waals surface area contributed by atoms with E-state index in [0.717, 1.165) is 25.0 Å². The van der Waals surface area contributed by atoms with Gasteiger partial charge in [0.2, 0.25) is 0 Å². The van der Waals surface area contributed by atoms with Crippen LogP contribution in [0.25, 0.3) is 0 Å². The van der Waals surface area contributed by atoms with Crippen molar-refractivity contribution in [1.82, 2.24) is 5.32 Å². The van der Waals surface area contributed by atoms with Crippen LogP contribution < -0.4 is 5.32 Å². The molecule has 2 rings (SSSR count). The van der Waals surface area contributed by atoms with Gasteiger partial charge < -0.3 is 10.1 Å².